The third-order valence-electron chi connectivity index (χ3n) is 5.12. The summed E-state index contributed by atoms with van der Waals surface area (Å²) < 4.78 is 58.1. The molecule has 3 rings (SSSR count). The number of carbonyl (C=O) groups excluding carboxylic acids is 1. The van der Waals surface area contributed by atoms with Gasteiger partial charge < -0.3 is 25.9 Å². The first kappa shape index (κ1) is 25.7. The highest BCUT2D eigenvalue weighted by Gasteiger charge is 2.31. The average Bonchev–Trinajstić information content (AvgIpc) is 2.84. The lowest BCUT2D eigenvalue weighted by Gasteiger charge is -2.27. The molecule has 0 unspecified atom stereocenters. The quantitative estimate of drug-likeness (QED) is 0.245. The van der Waals surface area contributed by atoms with Gasteiger partial charge >= 0.3 is 6.18 Å². The molecule has 4 N–H and O–H groups in total. The van der Waals surface area contributed by atoms with Crippen molar-refractivity contribution in [1.82, 2.24) is 5.32 Å². The number of ether oxygens (including phenoxy) is 1. The number of aliphatic hydroxyl groups is 1. The lowest BCUT2D eigenvalue weighted by molar-refractivity contribution is -0.137. The van der Waals surface area contributed by atoms with Crippen molar-refractivity contribution in [2.24, 2.45) is 0 Å². The molecule has 6 nitrogen and oxygen atoms in total. The monoisotopic (exact) mass is 489 g/mol. The van der Waals surface area contributed by atoms with Crippen molar-refractivity contribution >= 4 is 23.5 Å². The minimum absolute atomic E-state index is 0.295. The van der Waals surface area contributed by atoms with Gasteiger partial charge in [-0.3, -0.25) is 4.79 Å². The van der Waals surface area contributed by atoms with Crippen LogP contribution in [0.4, 0.5) is 28.9 Å². The molecule has 0 aliphatic rings. The average molecular weight is 489 g/mol. The molecule has 2 atom stereocenters. The van der Waals surface area contributed by atoms with Crippen molar-refractivity contribution < 1.29 is 32.2 Å². The highest BCUT2D eigenvalue weighted by molar-refractivity contribution is 5.88. The summed E-state index contributed by atoms with van der Waals surface area (Å²) in [5.74, 6) is -0.761. The fourth-order valence-electron chi connectivity index (χ4n) is 3.38. The first-order valence-corrected chi connectivity index (χ1v) is 10.5. The lowest BCUT2D eigenvalue weighted by Crippen LogP contribution is -2.40. The number of halogens is 4. The summed E-state index contributed by atoms with van der Waals surface area (Å²) in [7, 11) is 0. The van der Waals surface area contributed by atoms with E-state index >= 15 is 0 Å². The van der Waals surface area contributed by atoms with Crippen LogP contribution in [-0.2, 0) is 11.0 Å². The number of rotatable bonds is 9. The molecule has 0 fully saturated rings. The Morgan fingerprint density at radius 2 is 1.74 bits per heavy atom. The molecule has 10 heteroatoms. The molecule has 0 bridgehead atoms. The van der Waals surface area contributed by atoms with Gasteiger partial charge in [0.05, 0.1) is 11.6 Å². The van der Waals surface area contributed by atoms with Gasteiger partial charge in [-0.15, -0.1) is 0 Å². The van der Waals surface area contributed by atoms with Crippen LogP contribution in [0.5, 0.6) is 5.75 Å². The predicted molar refractivity (Wildman–Crippen MR) is 124 cm³/mol. The van der Waals surface area contributed by atoms with E-state index in [0.29, 0.717) is 28.3 Å². The number of amides is 1. The van der Waals surface area contributed by atoms with Crippen LogP contribution in [0.1, 0.15) is 29.7 Å². The number of nitrogens with one attached hydrogen (secondary N) is 3. The van der Waals surface area contributed by atoms with Gasteiger partial charge in [0, 0.05) is 23.2 Å². The van der Waals surface area contributed by atoms with Crippen molar-refractivity contribution in [3.8, 4) is 5.75 Å². The maximum atomic E-state index is 13.2. The van der Waals surface area contributed by atoms with Crippen LogP contribution in [0.25, 0.3) is 0 Å². The highest BCUT2D eigenvalue weighted by atomic mass is 19.4. The molecule has 0 aliphatic heterocycles. The second-order valence-corrected chi connectivity index (χ2v) is 7.70. The Kier molecular flexibility index (Phi) is 8.08. The van der Waals surface area contributed by atoms with E-state index in [4.69, 9.17) is 15.3 Å². The first-order valence-electron chi connectivity index (χ1n) is 10.5. The van der Waals surface area contributed by atoms with Crippen molar-refractivity contribution in [2.75, 3.05) is 11.9 Å². The summed E-state index contributed by atoms with van der Waals surface area (Å²) in [4.78, 5) is 11.7. The summed E-state index contributed by atoms with van der Waals surface area (Å²) in [5, 5.41) is 22.4. The molecule has 3 aromatic rings. The van der Waals surface area contributed by atoms with Crippen LogP contribution in [0.3, 0.4) is 0 Å². The molecule has 0 aromatic heterocycles. The van der Waals surface area contributed by atoms with E-state index in [2.05, 4.69) is 10.6 Å². The van der Waals surface area contributed by atoms with Crippen LogP contribution >= 0.6 is 0 Å². The smallest absolute Gasteiger partial charge is 0.416 e. The Morgan fingerprint density at radius 1 is 1.09 bits per heavy atom. The molecule has 0 saturated heterocycles. The third-order valence-corrected chi connectivity index (χ3v) is 5.12. The second kappa shape index (κ2) is 11.0. The zero-order chi connectivity index (χ0) is 25.6. The largest absolute Gasteiger partial charge is 0.484 e. The van der Waals surface area contributed by atoms with Gasteiger partial charge in [0.25, 0.3) is 0 Å². The highest BCUT2D eigenvalue weighted by Crippen LogP contribution is 2.33. The number of aliphatic hydroxyl groups excluding tert-OH is 1. The zero-order valence-corrected chi connectivity index (χ0v) is 18.6. The van der Waals surface area contributed by atoms with E-state index in [1.54, 1.807) is 37.3 Å². The predicted octanol–water partition coefficient (Wildman–Crippen LogP) is 5.20. The van der Waals surface area contributed by atoms with E-state index < -0.39 is 36.4 Å². The van der Waals surface area contributed by atoms with Gasteiger partial charge in [-0.1, -0.05) is 12.1 Å². The molecular weight excluding hydrogens is 466 g/mol. The van der Waals surface area contributed by atoms with Crippen LogP contribution in [0, 0.1) is 11.2 Å². The number of carbonyl (C=O) groups is 1. The summed E-state index contributed by atoms with van der Waals surface area (Å²) in [6.45, 7) is 0.837. The van der Waals surface area contributed by atoms with Gasteiger partial charge in [0.15, 0.2) is 0 Å². The first-order chi connectivity index (χ1) is 16.6. The Balaban J connectivity index is 1.88. The zero-order valence-electron chi connectivity index (χ0n) is 18.6. The lowest BCUT2D eigenvalue weighted by atomic mass is 10.0. The Bertz CT molecular complexity index is 1170. The molecule has 184 valence electrons. The molecule has 1 amide bonds. The van der Waals surface area contributed by atoms with E-state index in [9.17, 15) is 22.4 Å². The number of benzene rings is 3. The van der Waals surface area contributed by atoms with Gasteiger partial charge in [0.1, 0.15) is 24.3 Å². The summed E-state index contributed by atoms with van der Waals surface area (Å²) >= 11 is 0. The van der Waals surface area contributed by atoms with Crippen LogP contribution in [0.15, 0.2) is 66.7 Å². The molecule has 0 heterocycles. The van der Waals surface area contributed by atoms with Gasteiger partial charge in [-0.05, 0) is 67.1 Å². The van der Waals surface area contributed by atoms with Crippen molar-refractivity contribution in [3.63, 3.8) is 0 Å². The third kappa shape index (κ3) is 6.80. The van der Waals surface area contributed by atoms with Crippen LogP contribution in [-0.4, -0.2) is 29.9 Å². The second-order valence-electron chi connectivity index (χ2n) is 7.70. The fourth-order valence-corrected chi connectivity index (χ4v) is 3.38. The van der Waals surface area contributed by atoms with Crippen LogP contribution < -0.4 is 15.4 Å². The SMILES string of the molecule is C[C@H](NC(=O)CO)[C@H](Oc1ccc(Nc2ccc(F)cc2)c(C=N)c1)c1ccc(C(F)(F)F)cc1. The standard InChI is InChI=1S/C25H23F4N3O3/c1-15(31-23(34)14-33)24(16-2-4-18(5-3-16)25(27,28)29)35-21-10-11-22(17(12-21)13-30)32-20-8-6-19(26)7-9-20/h2-13,15,24,30,32-33H,14H2,1H3,(H,31,34)/t15-,24-/m0/s1. The van der Waals surface area contributed by atoms with Gasteiger partial charge in [0.2, 0.25) is 5.91 Å². The number of hydrogen-bond donors (Lipinski definition) is 4. The molecule has 0 spiro atoms. The molecule has 0 radical (unpaired) electrons. The molecule has 0 saturated carbocycles. The Hall–Kier alpha value is -3.92. The summed E-state index contributed by atoms with van der Waals surface area (Å²) in [6.07, 6.45) is -4.32. The Morgan fingerprint density at radius 3 is 2.31 bits per heavy atom. The van der Waals surface area contributed by atoms with E-state index in [1.807, 2.05) is 0 Å². The summed E-state index contributed by atoms with van der Waals surface area (Å²) in [5.41, 5.74) is 1.13. The van der Waals surface area contributed by atoms with E-state index in [-0.39, 0.29) is 5.82 Å². The van der Waals surface area contributed by atoms with Crippen molar-refractivity contribution in [3.05, 3.63) is 89.2 Å². The number of alkyl halides is 3. The molecule has 0 aliphatic carbocycles. The van der Waals surface area contributed by atoms with E-state index in [0.717, 1.165) is 18.3 Å². The maximum Gasteiger partial charge on any atom is 0.416 e. The van der Waals surface area contributed by atoms with Crippen LogP contribution in [0.2, 0.25) is 0 Å². The normalized spacial score (nSPS) is 13.0. The molecule has 3 aromatic carbocycles. The van der Waals surface area contributed by atoms with Crippen molar-refractivity contribution in [1.29, 1.82) is 5.41 Å². The van der Waals surface area contributed by atoms with Gasteiger partial charge in [-0.25, -0.2) is 4.39 Å². The molecule has 35 heavy (non-hydrogen) atoms. The minimum atomic E-state index is -4.50. The Labute approximate surface area is 199 Å². The van der Waals surface area contributed by atoms with E-state index in [1.165, 1.54) is 24.3 Å². The van der Waals surface area contributed by atoms with Crippen molar-refractivity contribution in [2.45, 2.75) is 25.2 Å². The summed E-state index contributed by atoms with van der Waals surface area (Å²) in [6, 6.07) is 14.1. The topological polar surface area (TPSA) is 94.4 Å². The fraction of sp³-hybridized carbons (Fsp3) is 0.200. The minimum Gasteiger partial charge on any atom is -0.484 e. The maximum absolute atomic E-state index is 13.2. The molecular formula is C25H23F4N3O3. The number of hydrogen-bond acceptors (Lipinski definition) is 5. The number of anilines is 2. The van der Waals surface area contributed by atoms with Gasteiger partial charge in [-0.2, -0.15) is 13.2 Å².